The molecule has 2 aromatic carbocycles. The minimum atomic E-state index is -0.0329. The molecule has 0 aliphatic carbocycles. The molecule has 1 aromatic heterocycles. The molecule has 140 valence electrons. The number of hydrogen-bond acceptors (Lipinski definition) is 5. The molecule has 0 saturated carbocycles. The largest absolute Gasteiger partial charge is 0.349 e. The Morgan fingerprint density at radius 2 is 1.78 bits per heavy atom. The van der Waals surface area contributed by atoms with Gasteiger partial charge in [0.05, 0.1) is 17.0 Å². The number of amides is 1. The van der Waals surface area contributed by atoms with Gasteiger partial charge in [0, 0.05) is 10.9 Å². The van der Waals surface area contributed by atoms with Crippen LogP contribution >= 0.6 is 11.8 Å². The molecule has 1 amide bonds. The van der Waals surface area contributed by atoms with Crippen LogP contribution in [0.15, 0.2) is 59.5 Å². The lowest BCUT2D eigenvalue weighted by molar-refractivity contribution is 0.0932. The first kappa shape index (κ1) is 19.1. The molecule has 3 aromatic rings. The van der Waals surface area contributed by atoms with Crippen molar-refractivity contribution >= 4 is 17.7 Å². The summed E-state index contributed by atoms with van der Waals surface area (Å²) < 4.78 is 1.72. The molecule has 0 fully saturated rings. The number of nitrogens with one attached hydrogen (secondary N) is 1. The van der Waals surface area contributed by atoms with E-state index >= 15 is 0 Å². The predicted octanol–water partition coefficient (Wildman–Crippen LogP) is 3.87. The third-order valence-corrected chi connectivity index (χ3v) is 5.41. The molecule has 7 heteroatoms. The first-order valence-electron chi connectivity index (χ1n) is 9.08. The molecule has 0 spiro atoms. The Bertz CT molecular complexity index is 877. The fraction of sp³-hybridized carbons (Fsp3) is 0.300. The van der Waals surface area contributed by atoms with E-state index in [1.807, 2.05) is 54.6 Å². The van der Waals surface area contributed by atoms with E-state index in [2.05, 4.69) is 34.7 Å². The third-order valence-electron chi connectivity index (χ3n) is 4.34. The fourth-order valence-electron chi connectivity index (χ4n) is 2.74. The zero-order valence-electron chi connectivity index (χ0n) is 15.5. The van der Waals surface area contributed by atoms with Gasteiger partial charge in [0.15, 0.2) is 5.82 Å². The van der Waals surface area contributed by atoms with Gasteiger partial charge in [-0.3, -0.25) is 4.79 Å². The highest BCUT2D eigenvalue weighted by molar-refractivity contribution is 7.98. The van der Waals surface area contributed by atoms with Crippen LogP contribution < -0.4 is 5.32 Å². The number of rotatable bonds is 8. The zero-order chi connectivity index (χ0) is 19.1. The van der Waals surface area contributed by atoms with Gasteiger partial charge in [-0.05, 0) is 47.5 Å². The number of aromatic nitrogens is 4. The Morgan fingerprint density at radius 3 is 2.52 bits per heavy atom. The van der Waals surface area contributed by atoms with E-state index in [0.29, 0.717) is 11.3 Å². The smallest absolute Gasteiger partial charge is 0.252 e. The maximum absolute atomic E-state index is 12.7. The van der Waals surface area contributed by atoms with Crippen molar-refractivity contribution in [3.05, 3.63) is 66.0 Å². The van der Waals surface area contributed by atoms with Crippen LogP contribution in [0.2, 0.25) is 0 Å². The summed E-state index contributed by atoms with van der Waals surface area (Å²) >= 11 is 1.56. The van der Waals surface area contributed by atoms with E-state index in [1.165, 1.54) is 0 Å². The Morgan fingerprint density at radius 1 is 1.07 bits per heavy atom. The molecule has 0 saturated heterocycles. The van der Waals surface area contributed by atoms with Gasteiger partial charge in [-0.1, -0.05) is 44.2 Å². The summed E-state index contributed by atoms with van der Waals surface area (Å²) in [6.45, 7) is 4.16. The second kappa shape index (κ2) is 9.32. The highest BCUT2D eigenvalue weighted by atomic mass is 32.2. The molecular formula is C20H23N5OS. The van der Waals surface area contributed by atoms with Crippen molar-refractivity contribution in [2.75, 3.05) is 0 Å². The molecule has 0 bridgehead atoms. The first-order valence-corrected chi connectivity index (χ1v) is 10.1. The molecule has 27 heavy (non-hydrogen) atoms. The van der Waals surface area contributed by atoms with Crippen LogP contribution in [-0.2, 0) is 5.75 Å². The van der Waals surface area contributed by atoms with Crippen molar-refractivity contribution in [2.24, 2.45) is 0 Å². The summed E-state index contributed by atoms with van der Waals surface area (Å²) in [5.41, 5.74) is 1.60. The molecule has 0 radical (unpaired) electrons. The number of thioether (sulfide) groups is 1. The Hall–Kier alpha value is -2.67. The van der Waals surface area contributed by atoms with Gasteiger partial charge in [-0.25, -0.2) is 0 Å². The quantitative estimate of drug-likeness (QED) is 0.600. The fourth-order valence-corrected chi connectivity index (χ4v) is 3.70. The monoisotopic (exact) mass is 381 g/mol. The van der Waals surface area contributed by atoms with E-state index in [1.54, 1.807) is 16.4 Å². The van der Waals surface area contributed by atoms with E-state index < -0.39 is 0 Å². The number of tetrazole rings is 1. The average molecular weight is 382 g/mol. The van der Waals surface area contributed by atoms with Crippen molar-refractivity contribution in [3.8, 4) is 5.69 Å². The predicted molar refractivity (Wildman–Crippen MR) is 107 cm³/mol. The van der Waals surface area contributed by atoms with Crippen LogP contribution in [0.25, 0.3) is 5.69 Å². The van der Waals surface area contributed by atoms with Gasteiger partial charge in [-0.15, -0.1) is 16.9 Å². The number of carbonyl (C=O) groups is 1. The van der Waals surface area contributed by atoms with Gasteiger partial charge in [0.2, 0.25) is 0 Å². The van der Waals surface area contributed by atoms with Crippen molar-refractivity contribution in [3.63, 3.8) is 0 Å². The number of carbonyl (C=O) groups excluding carboxylic acids is 1. The van der Waals surface area contributed by atoms with Crippen molar-refractivity contribution in [1.29, 1.82) is 0 Å². The van der Waals surface area contributed by atoms with Gasteiger partial charge < -0.3 is 5.32 Å². The highest BCUT2D eigenvalue weighted by Crippen LogP contribution is 2.26. The molecule has 0 aliphatic heterocycles. The molecule has 6 nitrogen and oxygen atoms in total. The van der Waals surface area contributed by atoms with Crippen LogP contribution in [-0.4, -0.2) is 32.2 Å². The molecule has 1 N–H and O–H groups in total. The normalized spacial score (nSPS) is 10.9. The second-order valence-electron chi connectivity index (χ2n) is 6.11. The van der Waals surface area contributed by atoms with Crippen molar-refractivity contribution < 1.29 is 4.79 Å². The summed E-state index contributed by atoms with van der Waals surface area (Å²) in [6.07, 6.45) is 1.84. The molecular weight excluding hydrogens is 358 g/mol. The summed E-state index contributed by atoms with van der Waals surface area (Å²) in [6, 6.07) is 17.6. The number of hydrogen-bond donors (Lipinski definition) is 1. The first-order chi connectivity index (χ1) is 13.2. The van der Waals surface area contributed by atoms with Gasteiger partial charge in [0.1, 0.15) is 0 Å². The highest BCUT2D eigenvalue weighted by Gasteiger charge is 2.16. The Kier molecular flexibility index (Phi) is 6.59. The SMILES string of the molecule is CCC(CC)NC(=O)c1ccccc1SCc1nnnn1-c1ccccc1. The number of para-hydroxylation sites is 1. The zero-order valence-corrected chi connectivity index (χ0v) is 16.3. The lowest BCUT2D eigenvalue weighted by Crippen LogP contribution is -2.34. The molecule has 3 rings (SSSR count). The van der Waals surface area contributed by atoms with Gasteiger partial charge >= 0.3 is 0 Å². The average Bonchev–Trinajstić information content (AvgIpc) is 3.19. The van der Waals surface area contributed by atoms with Crippen LogP contribution in [0, 0.1) is 0 Å². The standard InChI is InChI=1S/C20H23N5OS/c1-3-15(4-2)21-20(26)17-12-8-9-13-18(17)27-14-19-22-23-24-25(19)16-10-6-5-7-11-16/h5-13,15H,3-4,14H2,1-2H3,(H,21,26). The maximum Gasteiger partial charge on any atom is 0.252 e. The van der Waals surface area contributed by atoms with E-state index in [0.717, 1.165) is 29.2 Å². The summed E-state index contributed by atoms with van der Waals surface area (Å²) in [7, 11) is 0. The summed E-state index contributed by atoms with van der Waals surface area (Å²) in [5, 5.41) is 15.1. The minimum absolute atomic E-state index is 0.0329. The molecule has 0 unspecified atom stereocenters. The van der Waals surface area contributed by atoms with Crippen LogP contribution in [0.5, 0.6) is 0 Å². The third kappa shape index (κ3) is 4.74. The van der Waals surface area contributed by atoms with Gasteiger partial charge in [-0.2, -0.15) is 4.68 Å². The van der Waals surface area contributed by atoms with Crippen molar-refractivity contribution in [1.82, 2.24) is 25.5 Å². The van der Waals surface area contributed by atoms with Gasteiger partial charge in [0.25, 0.3) is 5.91 Å². The number of benzene rings is 2. The summed E-state index contributed by atoms with van der Waals surface area (Å²) in [5.74, 6) is 1.27. The summed E-state index contributed by atoms with van der Waals surface area (Å²) in [4.78, 5) is 13.6. The second-order valence-corrected chi connectivity index (χ2v) is 7.13. The van der Waals surface area contributed by atoms with Crippen LogP contribution in [0.3, 0.4) is 0 Å². The van der Waals surface area contributed by atoms with E-state index in [-0.39, 0.29) is 11.9 Å². The minimum Gasteiger partial charge on any atom is -0.349 e. The lowest BCUT2D eigenvalue weighted by Gasteiger charge is -2.16. The van der Waals surface area contributed by atoms with E-state index in [4.69, 9.17) is 0 Å². The lowest BCUT2D eigenvalue weighted by atomic mass is 10.1. The van der Waals surface area contributed by atoms with Crippen LogP contribution in [0.4, 0.5) is 0 Å². The maximum atomic E-state index is 12.7. The van der Waals surface area contributed by atoms with E-state index in [9.17, 15) is 4.79 Å². The molecule has 0 atom stereocenters. The molecule has 1 heterocycles. The van der Waals surface area contributed by atoms with Crippen LogP contribution in [0.1, 0.15) is 42.9 Å². The number of nitrogens with zero attached hydrogens (tertiary/aromatic N) is 4. The van der Waals surface area contributed by atoms with Crippen molar-refractivity contribution in [2.45, 2.75) is 43.4 Å². The Balaban J connectivity index is 1.75. The molecule has 0 aliphatic rings. The topological polar surface area (TPSA) is 72.7 Å². The Labute approximate surface area is 163 Å².